The normalized spacial score (nSPS) is 12.8. The molecule has 1 aliphatic heterocycles. The van der Waals surface area contributed by atoms with Crippen LogP contribution in [0.15, 0.2) is 256 Å². The molecule has 93 heavy (non-hydrogen) atoms. The quantitative estimate of drug-likeness (QED) is 0.137. The second kappa shape index (κ2) is 29.0. The minimum atomic E-state index is -0.833. The topological polar surface area (TPSA) is 89.9 Å². The maximum atomic E-state index is 12.2. The van der Waals surface area contributed by atoms with Crippen LogP contribution in [0.5, 0.6) is 0 Å². The van der Waals surface area contributed by atoms with Gasteiger partial charge in [-0.25, -0.2) is 0 Å². The van der Waals surface area contributed by atoms with E-state index in [1.54, 1.807) is 0 Å². The van der Waals surface area contributed by atoms with Crippen molar-refractivity contribution in [3.05, 3.63) is 287 Å². The number of carboxylic acids is 1. The molecule has 0 radical (unpaired) electrons. The van der Waals surface area contributed by atoms with Gasteiger partial charge in [-0.05, 0) is 151 Å². The minimum absolute atomic E-state index is 0. The van der Waals surface area contributed by atoms with Crippen LogP contribution in [0.2, 0.25) is 0 Å². The van der Waals surface area contributed by atoms with Gasteiger partial charge in [0.15, 0.2) is 5.78 Å². The number of benzene rings is 12. The number of carbonyl (C=O) groups is 2. The van der Waals surface area contributed by atoms with Crippen molar-refractivity contribution < 1.29 is 47.1 Å². The van der Waals surface area contributed by atoms with Crippen molar-refractivity contribution in [2.45, 2.75) is 44.9 Å². The van der Waals surface area contributed by atoms with Gasteiger partial charge in [-0.15, -0.1) is 12.4 Å². The molecule has 0 saturated carbocycles. The van der Waals surface area contributed by atoms with Gasteiger partial charge in [-0.2, -0.15) is 6.42 Å². The summed E-state index contributed by atoms with van der Waals surface area (Å²) in [7, 11) is 0. The summed E-state index contributed by atoms with van der Waals surface area (Å²) >= 11 is 18.1. The van der Waals surface area contributed by atoms with Crippen molar-refractivity contribution >= 4 is 169 Å². The number of hydrogen-bond donors (Lipinski definition) is 1. The molecular weight excluding hydrogens is 1500 g/mol. The zero-order chi connectivity index (χ0) is 63.1. The number of unbranched alkanes of at least 4 members (excludes halogenated alkanes) is 1. The number of hydrogen-bond acceptors (Lipinski definition) is 5. The van der Waals surface area contributed by atoms with Gasteiger partial charge in [0.05, 0.1) is 5.41 Å². The molecule has 3 heterocycles. The minimum Gasteiger partial charge on any atom is -0.481 e. The van der Waals surface area contributed by atoms with E-state index < -0.39 is 11.4 Å². The van der Waals surface area contributed by atoms with E-state index in [9.17, 15) is 4.79 Å². The predicted molar refractivity (Wildman–Crippen MR) is 399 cm³/mol. The third-order valence-electron chi connectivity index (χ3n) is 17.1. The summed E-state index contributed by atoms with van der Waals surface area (Å²) < 4.78 is 23.0. The van der Waals surface area contributed by atoms with E-state index in [4.69, 9.17) is 23.5 Å². The molecule has 14 aromatic rings. The monoisotopic (exact) mass is 1550 g/mol. The van der Waals surface area contributed by atoms with Crippen LogP contribution in [0.4, 0.5) is 0 Å². The number of para-hydroxylation sites is 3. The predicted octanol–water partition coefficient (Wildman–Crippen LogP) is 22.1. The van der Waals surface area contributed by atoms with Crippen molar-refractivity contribution in [2.24, 2.45) is 0 Å². The van der Waals surface area contributed by atoms with Crippen molar-refractivity contribution in [1.82, 2.24) is 0 Å². The molecule has 4 aliphatic rings. The summed E-state index contributed by atoms with van der Waals surface area (Å²) in [6.07, 6.45) is 4.83. The Bertz CT molecular complexity index is 5060. The van der Waals surface area contributed by atoms with Gasteiger partial charge in [0.2, 0.25) is 0 Å². The maximum absolute atomic E-state index is 12.2. The molecule has 0 bridgehead atoms. The molecule has 0 unspecified atom stereocenters. The number of ketones is 1. The van der Waals surface area contributed by atoms with Gasteiger partial charge in [0, 0.05) is 91.7 Å². The SMILES string of the molecule is Brc1ccc2c(c1)C1(c3cc(Br)ccc3-2)c2ccc3c(oc4ccccc43)c2-c2cccc3cccc1c23.Brc1cccc2cccc(-c3cccc4c3oc3ccccc34)c12.C1CCOC1.CC(=O)O.Cl.O=C1c2cc(Br)ccc2-c2ccc(Br)cc21.[CH2-]CCC.[Li+]. The molecule has 6 nitrogen and oxygen atoms in total. The fraction of sp³-hybridized carbons (Fsp3) is 0.113. The van der Waals surface area contributed by atoms with Gasteiger partial charge in [0.25, 0.3) is 5.97 Å². The standard InChI is InChI=1S/C35H18Br2O.C22H13BrO.C13H6Br2O.C4H8O.C4H9.C2H4O2.ClH.Li/c36-20-11-13-22-23-14-12-21(37)18-30(23)35(29(22)17-20)27-9-4-6-19-5-3-8-26(32(19)27)33-28(35)16-15-25-24-7-1-2-10-31(24)38-34(25)33;23-19-12-4-7-14-6-3-9-16(21(14)19)18-11-5-10-17-15-8-1-2-13-20(15)24-22(17)18;14-7-1-3-9-10-4-2-8(15)6-12(10)13(16)11(9)5-7;1-2-4-5-3-1;1-3-4-2;1-2(3)4;;/h1-18H;1-13H;1-6H;1-4H2;1,3-4H2,2H3;1H3,(H,3,4);1H;/q;;;;-1;;;+1. The summed E-state index contributed by atoms with van der Waals surface area (Å²) in [5.41, 5.74) is 19.4. The van der Waals surface area contributed by atoms with Gasteiger partial charge < -0.3 is 25.6 Å². The van der Waals surface area contributed by atoms with Crippen LogP contribution in [-0.4, -0.2) is 30.1 Å². The Hall–Kier alpha value is -6.85. The molecule has 1 N–H and O–H groups in total. The molecule has 3 aliphatic carbocycles. The molecule has 13 heteroatoms. The number of halogens is 6. The second-order valence-corrected chi connectivity index (χ2v) is 27.1. The first-order valence-electron chi connectivity index (χ1n) is 30.2. The first-order chi connectivity index (χ1) is 44.3. The van der Waals surface area contributed by atoms with E-state index in [1.807, 2.05) is 54.6 Å². The molecule has 12 aromatic carbocycles. The number of carbonyl (C=O) groups excluding carboxylic acids is 1. The largest absolute Gasteiger partial charge is 1.00 e. The Morgan fingerprint density at radius 2 is 0.903 bits per heavy atom. The molecule has 458 valence electrons. The number of aliphatic carboxylic acids is 1. The van der Waals surface area contributed by atoms with Crippen LogP contribution in [0.3, 0.4) is 0 Å². The molecule has 0 amide bonds. The van der Waals surface area contributed by atoms with E-state index >= 15 is 0 Å². The molecule has 1 spiro atoms. The van der Waals surface area contributed by atoms with Crippen LogP contribution in [-0.2, 0) is 14.9 Å². The van der Waals surface area contributed by atoms with Crippen molar-refractivity contribution in [2.75, 3.05) is 13.2 Å². The summed E-state index contributed by atoms with van der Waals surface area (Å²) in [4.78, 5) is 21.2. The Balaban J connectivity index is 0.000000137. The first kappa shape index (κ1) is 67.6. The van der Waals surface area contributed by atoms with E-state index in [0.29, 0.717) is 0 Å². The molecule has 0 atom stereocenters. The Kier molecular flexibility index (Phi) is 21.1. The van der Waals surface area contributed by atoms with Gasteiger partial charge in [0.1, 0.15) is 22.3 Å². The summed E-state index contributed by atoms with van der Waals surface area (Å²) in [6.45, 7) is 8.81. The van der Waals surface area contributed by atoms with Crippen molar-refractivity contribution in [3.8, 4) is 44.5 Å². The van der Waals surface area contributed by atoms with Crippen molar-refractivity contribution in [3.63, 3.8) is 0 Å². The average Bonchev–Trinajstić information content (AvgIpc) is 1.59. The molecule has 2 aromatic heterocycles. The average molecular weight is 1560 g/mol. The zero-order valence-electron chi connectivity index (χ0n) is 51.1. The fourth-order valence-corrected chi connectivity index (χ4v) is 15.3. The second-order valence-electron chi connectivity index (χ2n) is 22.6. The van der Waals surface area contributed by atoms with Crippen LogP contribution < -0.4 is 18.9 Å². The Labute approximate surface area is 600 Å². The van der Waals surface area contributed by atoms with Gasteiger partial charge >= 0.3 is 18.9 Å². The molecule has 1 fully saturated rings. The Morgan fingerprint density at radius 3 is 1.44 bits per heavy atom. The van der Waals surface area contributed by atoms with Gasteiger partial charge in [-0.1, -0.05) is 251 Å². The number of rotatable bonds is 2. The van der Waals surface area contributed by atoms with Crippen LogP contribution in [0, 0.1) is 6.92 Å². The van der Waals surface area contributed by atoms with E-state index in [0.717, 1.165) is 121 Å². The smallest absolute Gasteiger partial charge is 0.481 e. The number of ether oxygens (including phenoxy) is 1. The summed E-state index contributed by atoms with van der Waals surface area (Å²) in [6, 6.07) is 78.9. The first-order valence-corrected chi connectivity index (χ1v) is 34.1. The zero-order valence-corrected chi connectivity index (χ0v) is 59.8. The number of carboxylic acid groups (broad SMARTS) is 1. The number of fused-ring (bicyclic) bond motifs is 20. The molecule has 18 rings (SSSR count). The third kappa shape index (κ3) is 12.6. The Morgan fingerprint density at radius 1 is 0.462 bits per heavy atom. The van der Waals surface area contributed by atoms with Crippen LogP contribution >= 0.6 is 92.1 Å². The molecule has 1 saturated heterocycles. The maximum Gasteiger partial charge on any atom is 1.00 e. The summed E-state index contributed by atoms with van der Waals surface area (Å²) in [5.74, 6) is -0.729. The van der Waals surface area contributed by atoms with Gasteiger partial charge in [-0.3, -0.25) is 9.59 Å². The fourth-order valence-electron chi connectivity index (χ4n) is 13.2. The van der Waals surface area contributed by atoms with E-state index in [-0.39, 0.29) is 37.1 Å². The van der Waals surface area contributed by atoms with Crippen LogP contribution in [0.1, 0.15) is 77.7 Å². The molecular formula is C80H59Br5ClLiO6. The van der Waals surface area contributed by atoms with Crippen molar-refractivity contribution in [1.29, 1.82) is 0 Å². The third-order valence-corrected chi connectivity index (χ3v) is 19.7. The number of furan rings is 2. The summed E-state index contributed by atoms with van der Waals surface area (Å²) in [5, 5.41) is 17.0. The van der Waals surface area contributed by atoms with Crippen LogP contribution in [0.25, 0.3) is 110 Å². The van der Waals surface area contributed by atoms with E-state index in [2.05, 4.69) is 263 Å². The van der Waals surface area contributed by atoms with E-state index in [1.165, 1.54) is 90.9 Å².